The average Bonchev–Trinajstić information content (AvgIpc) is 3.29. The molecule has 3 aromatic carbocycles. The summed E-state index contributed by atoms with van der Waals surface area (Å²) in [5.74, 6) is -1.00. The summed E-state index contributed by atoms with van der Waals surface area (Å²) in [7, 11) is 0. The molecule has 3 amide bonds. The molecule has 4 rings (SSSR count). The molecule has 3 aromatic rings. The lowest BCUT2D eigenvalue weighted by Gasteiger charge is -2.18. The van der Waals surface area contributed by atoms with Gasteiger partial charge in [0.05, 0.1) is 23.8 Å². The SMILES string of the molecule is CCCOc1ccc(N2C[C@H](C(=O)Nc3ccccc3C(=O)NCc3ccc(F)cc3)CC2=O)cc1. The van der Waals surface area contributed by atoms with Gasteiger partial charge in [-0.25, -0.2) is 4.39 Å². The molecule has 0 aromatic heterocycles. The zero-order chi connectivity index (χ0) is 25.5. The van der Waals surface area contributed by atoms with E-state index in [1.54, 1.807) is 41.3 Å². The van der Waals surface area contributed by atoms with Gasteiger partial charge in [-0.15, -0.1) is 0 Å². The van der Waals surface area contributed by atoms with Crippen LogP contribution in [0.1, 0.15) is 35.7 Å². The third-order valence-electron chi connectivity index (χ3n) is 5.91. The van der Waals surface area contributed by atoms with Crippen LogP contribution >= 0.6 is 0 Å². The first-order valence-electron chi connectivity index (χ1n) is 11.9. The molecule has 0 saturated carbocycles. The Morgan fingerprint density at radius 2 is 1.75 bits per heavy atom. The molecule has 0 unspecified atom stereocenters. The molecule has 1 fully saturated rings. The summed E-state index contributed by atoms with van der Waals surface area (Å²) in [5, 5.41) is 5.60. The Morgan fingerprint density at radius 1 is 1.03 bits per heavy atom. The van der Waals surface area contributed by atoms with Crippen LogP contribution in [0.15, 0.2) is 72.8 Å². The van der Waals surface area contributed by atoms with Crippen molar-refractivity contribution >= 4 is 29.1 Å². The predicted octanol–water partition coefficient (Wildman–Crippen LogP) is 4.54. The standard InChI is InChI=1S/C28H28FN3O4/c1-2-15-36-23-13-11-22(12-14-23)32-18-20(16-26(32)33)27(34)31-25-6-4-3-5-24(25)28(35)30-17-19-7-9-21(29)10-8-19/h3-14,20H,2,15-18H2,1H3,(H,30,35)(H,31,34)/t20-/m1/s1. The minimum Gasteiger partial charge on any atom is -0.494 e. The van der Waals surface area contributed by atoms with Crippen molar-refractivity contribution in [2.45, 2.75) is 26.3 Å². The van der Waals surface area contributed by atoms with Crippen molar-refractivity contribution in [3.63, 3.8) is 0 Å². The van der Waals surface area contributed by atoms with Gasteiger partial charge in [0.2, 0.25) is 11.8 Å². The third-order valence-corrected chi connectivity index (χ3v) is 5.91. The summed E-state index contributed by atoms with van der Waals surface area (Å²) in [5.41, 5.74) is 2.12. The molecule has 8 heteroatoms. The number of halogens is 1. The zero-order valence-corrected chi connectivity index (χ0v) is 20.0. The van der Waals surface area contributed by atoms with Crippen molar-refractivity contribution in [2.24, 2.45) is 5.92 Å². The van der Waals surface area contributed by atoms with E-state index in [9.17, 15) is 18.8 Å². The van der Waals surface area contributed by atoms with Crippen LogP contribution in [0.3, 0.4) is 0 Å². The van der Waals surface area contributed by atoms with E-state index >= 15 is 0 Å². The lowest BCUT2D eigenvalue weighted by Crippen LogP contribution is -2.29. The molecular weight excluding hydrogens is 461 g/mol. The lowest BCUT2D eigenvalue weighted by molar-refractivity contribution is -0.122. The Labute approximate surface area is 209 Å². The fourth-order valence-corrected chi connectivity index (χ4v) is 3.98. The van der Waals surface area contributed by atoms with Crippen LogP contribution in [0.25, 0.3) is 0 Å². The van der Waals surface area contributed by atoms with Gasteiger partial charge in [-0.1, -0.05) is 31.2 Å². The fraction of sp³-hybridized carbons (Fsp3) is 0.250. The normalized spacial score (nSPS) is 15.0. The van der Waals surface area contributed by atoms with Crippen LogP contribution in [-0.4, -0.2) is 30.9 Å². The molecule has 2 N–H and O–H groups in total. The van der Waals surface area contributed by atoms with Gasteiger partial charge >= 0.3 is 0 Å². The summed E-state index contributed by atoms with van der Waals surface area (Å²) >= 11 is 0. The van der Waals surface area contributed by atoms with E-state index in [-0.39, 0.29) is 43.0 Å². The predicted molar refractivity (Wildman–Crippen MR) is 135 cm³/mol. The number of hydrogen-bond donors (Lipinski definition) is 2. The molecule has 186 valence electrons. The summed E-state index contributed by atoms with van der Waals surface area (Å²) in [6.45, 7) is 3.12. The number of para-hydroxylation sites is 1. The number of carbonyl (C=O) groups excluding carboxylic acids is 3. The number of hydrogen-bond acceptors (Lipinski definition) is 4. The van der Waals surface area contributed by atoms with Crippen molar-refractivity contribution in [1.29, 1.82) is 0 Å². The highest BCUT2D eigenvalue weighted by Gasteiger charge is 2.35. The van der Waals surface area contributed by atoms with Crippen molar-refractivity contribution in [3.05, 3.63) is 89.7 Å². The number of carbonyl (C=O) groups is 3. The summed E-state index contributed by atoms with van der Waals surface area (Å²) in [6, 6.07) is 19.8. The monoisotopic (exact) mass is 489 g/mol. The minimum absolute atomic E-state index is 0.0822. The van der Waals surface area contributed by atoms with Crippen molar-refractivity contribution in [2.75, 3.05) is 23.4 Å². The second-order valence-corrected chi connectivity index (χ2v) is 8.59. The maximum atomic E-state index is 13.1. The number of amides is 3. The van der Waals surface area contributed by atoms with Crippen LogP contribution in [0.4, 0.5) is 15.8 Å². The van der Waals surface area contributed by atoms with Gasteiger partial charge in [0.1, 0.15) is 11.6 Å². The van der Waals surface area contributed by atoms with Crippen LogP contribution in [0.5, 0.6) is 5.75 Å². The molecule has 36 heavy (non-hydrogen) atoms. The van der Waals surface area contributed by atoms with Gasteiger partial charge in [0, 0.05) is 25.2 Å². The molecule has 1 atom stereocenters. The molecule has 0 spiro atoms. The smallest absolute Gasteiger partial charge is 0.253 e. The van der Waals surface area contributed by atoms with Crippen LogP contribution < -0.4 is 20.3 Å². The zero-order valence-electron chi connectivity index (χ0n) is 20.0. The lowest BCUT2D eigenvalue weighted by atomic mass is 10.1. The minimum atomic E-state index is -0.552. The quantitative estimate of drug-likeness (QED) is 0.462. The number of nitrogens with one attached hydrogen (secondary N) is 2. The Hall–Kier alpha value is -4.20. The molecule has 7 nitrogen and oxygen atoms in total. The summed E-state index contributed by atoms with van der Waals surface area (Å²) < 4.78 is 18.7. The molecule has 1 heterocycles. The summed E-state index contributed by atoms with van der Waals surface area (Å²) in [6.07, 6.45) is 0.987. The number of nitrogens with zero attached hydrogens (tertiary/aromatic N) is 1. The van der Waals surface area contributed by atoms with Crippen LogP contribution in [-0.2, 0) is 16.1 Å². The molecular formula is C28H28FN3O4. The average molecular weight is 490 g/mol. The van der Waals surface area contributed by atoms with E-state index in [0.717, 1.165) is 17.7 Å². The van der Waals surface area contributed by atoms with E-state index in [0.29, 0.717) is 23.5 Å². The van der Waals surface area contributed by atoms with Gasteiger partial charge in [-0.2, -0.15) is 0 Å². The van der Waals surface area contributed by atoms with E-state index < -0.39 is 5.92 Å². The van der Waals surface area contributed by atoms with Crippen LogP contribution in [0.2, 0.25) is 0 Å². The maximum absolute atomic E-state index is 13.1. The first-order valence-corrected chi connectivity index (χ1v) is 11.9. The fourth-order valence-electron chi connectivity index (χ4n) is 3.98. The molecule has 1 saturated heterocycles. The number of ether oxygens (including phenoxy) is 1. The first kappa shape index (κ1) is 24.9. The Morgan fingerprint density at radius 3 is 2.47 bits per heavy atom. The summed E-state index contributed by atoms with van der Waals surface area (Å²) in [4.78, 5) is 40.0. The highest BCUT2D eigenvalue weighted by atomic mass is 19.1. The first-order chi connectivity index (χ1) is 17.4. The van der Waals surface area contributed by atoms with Crippen LogP contribution in [0, 0.1) is 11.7 Å². The van der Waals surface area contributed by atoms with E-state index in [1.807, 2.05) is 31.2 Å². The van der Waals surface area contributed by atoms with Gasteiger partial charge in [-0.3, -0.25) is 14.4 Å². The van der Waals surface area contributed by atoms with Crippen molar-refractivity contribution < 1.29 is 23.5 Å². The van der Waals surface area contributed by atoms with E-state index in [2.05, 4.69) is 10.6 Å². The highest BCUT2D eigenvalue weighted by molar-refractivity contribution is 6.07. The number of benzene rings is 3. The van der Waals surface area contributed by atoms with Crippen molar-refractivity contribution in [3.8, 4) is 5.75 Å². The molecule has 0 radical (unpaired) electrons. The maximum Gasteiger partial charge on any atom is 0.253 e. The number of rotatable bonds is 9. The molecule has 1 aliphatic heterocycles. The van der Waals surface area contributed by atoms with Gasteiger partial charge < -0.3 is 20.3 Å². The highest BCUT2D eigenvalue weighted by Crippen LogP contribution is 2.28. The molecule has 1 aliphatic rings. The largest absolute Gasteiger partial charge is 0.494 e. The van der Waals surface area contributed by atoms with Gasteiger partial charge in [0.15, 0.2) is 0 Å². The Balaban J connectivity index is 1.38. The Kier molecular flexibility index (Phi) is 7.95. The van der Waals surface area contributed by atoms with Gasteiger partial charge in [-0.05, 0) is 60.5 Å². The second kappa shape index (κ2) is 11.5. The third kappa shape index (κ3) is 6.07. The van der Waals surface area contributed by atoms with E-state index in [1.165, 1.54) is 12.1 Å². The Bertz CT molecular complexity index is 1230. The molecule has 0 aliphatic carbocycles. The van der Waals surface area contributed by atoms with E-state index in [4.69, 9.17) is 4.74 Å². The topological polar surface area (TPSA) is 87.7 Å². The second-order valence-electron chi connectivity index (χ2n) is 8.59. The van der Waals surface area contributed by atoms with Crippen molar-refractivity contribution in [1.82, 2.24) is 5.32 Å². The number of anilines is 2. The van der Waals surface area contributed by atoms with Gasteiger partial charge in [0.25, 0.3) is 5.91 Å². The molecule has 0 bridgehead atoms.